The molecule has 6 nitrogen and oxygen atoms in total. The molecule has 2 N–H and O–H groups in total. The first-order valence-electron chi connectivity index (χ1n) is 10.7. The zero-order valence-electron chi connectivity index (χ0n) is 18.1. The average Bonchev–Trinajstić information content (AvgIpc) is 2.74. The van der Waals surface area contributed by atoms with Gasteiger partial charge in [-0.15, -0.1) is 0 Å². The smallest absolute Gasteiger partial charge is 0.338 e. The van der Waals surface area contributed by atoms with Crippen molar-refractivity contribution in [3.05, 3.63) is 58.2 Å². The first-order chi connectivity index (χ1) is 14.5. The van der Waals surface area contributed by atoms with E-state index in [-0.39, 0.29) is 18.1 Å². The van der Waals surface area contributed by atoms with Gasteiger partial charge in [-0.1, -0.05) is 43.5 Å². The number of allylic oxidation sites excluding steroid dienone is 2. The number of benzene rings is 1. The van der Waals surface area contributed by atoms with Gasteiger partial charge in [-0.05, 0) is 44.9 Å². The maximum Gasteiger partial charge on any atom is 0.338 e. The van der Waals surface area contributed by atoms with E-state index >= 15 is 0 Å². The van der Waals surface area contributed by atoms with Gasteiger partial charge in [-0.3, -0.25) is 4.90 Å². The minimum atomic E-state index is -0.598. The molecule has 1 atom stereocenters. The lowest BCUT2D eigenvalue weighted by Gasteiger charge is -2.33. The molecular formula is C24H31N3O3. The van der Waals surface area contributed by atoms with E-state index in [1.165, 1.54) is 32.1 Å². The van der Waals surface area contributed by atoms with Gasteiger partial charge in [0.05, 0.1) is 18.1 Å². The maximum absolute atomic E-state index is 12.8. The summed E-state index contributed by atoms with van der Waals surface area (Å²) in [7, 11) is 2.15. The third kappa shape index (κ3) is 4.52. The molecule has 0 aromatic heterocycles. The average molecular weight is 410 g/mol. The molecule has 1 aliphatic heterocycles. The normalized spacial score (nSPS) is 20.2. The summed E-state index contributed by atoms with van der Waals surface area (Å²) >= 11 is 0. The van der Waals surface area contributed by atoms with E-state index < -0.39 is 11.9 Å². The van der Waals surface area contributed by atoms with Gasteiger partial charge in [0.25, 0.3) is 0 Å². The molecule has 1 saturated carbocycles. The van der Waals surface area contributed by atoms with Crippen molar-refractivity contribution in [3.8, 4) is 6.07 Å². The van der Waals surface area contributed by atoms with Crippen LogP contribution >= 0.6 is 0 Å². The first-order valence-corrected chi connectivity index (χ1v) is 10.7. The topological polar surface area (TPSA) is 88.6 Å². The van der Waals surface area contributed by atoms with Crippen molar-refractivity contribution >= 4 is 5.97 Å². The summed E-state index contributed by atoms with van der Waals surface area (Å²) in [4.78, 5) is 15.2. The van der Waals surface area contributed by atoms with Crippen molar-refractivity contribution in [3.63, 3.8) is 0 Å². The second kappa shape index (κ2) is 9.82. The summed E-state index contributed by atoms with van der Waals surface area (Å²) in [5.74, 6) is -0.650. The Bertz CT molecular complexity index is 891. The van der Waals surface area contributed by atoms with E-state index in [0.717, 1.165) is 17.7 Å². The van der Waals surface area contributed by atoms with Crippen molar-refractivity contribution in [2.45, 2.75) is 64.5 Å². The summed E-state index contributed by atoms with van der Waals surface area (Å²) in [6.45, 7) is 4.44. The number of carbonyl (C=O) groups excluding carboxylic acids is 1. The Labute approximate surface area is 178 Å². The lowest BCUT2D eigenvalue weighted by molar-refractivity contribution is -0.139. The SMILES string of the molecule is CCOC(=O)C1=C(C)OC(N)=C(C#N)C1c1ccccc1CN(C)C1CCCCC1. The number of hydrogen-bond donors (Lipinski definition) is 1. The molecule has 1 aromatic rings. The number of nitriles is 1. The van der Waals surface area contributed by atoms with E-state index in [0.29, 0.717) is 17.4 Å². The Morgan fingerprint density at radius 2 is 2.00 bits per heavy atom. The van der Waals surface area contributed by atoms with E-state index in [1.54, 1.807) is 13.8 Å². The van der Waals surface area contributed by atoms with Crippen molar-refractivity contribution in [1.29, 1.82) is 5.26 Å². The molecule has 30 heavy (non-hydrogen) atoms. The standard InChI is InChI=1S/C24H31N3O3/c1-4-29-24(28)21-16(2)30-23(26)20(14-25)22(21)19-13-9-8-10-17(19)15-27(3)18-11-6-5-7-12-18/h8-10,13,18,22H,4-7,11-12,15,26H2,1-3H3. The lowest BCUT2D eigenvalue weighted by Crippen LogP contribution is -2.33. The van der Waals surface area contributed by atoms with Gasteiger partial charge in [0.15, 0.2) is 0 Å². The van der Waals surface area contributed by atoms with Crippen LogP contribution in [0.5, 0.6) is 0 Å². The van der Waals surface area contributed by atoms with Crippen molar-refractivity contribution in [2.75, 3.05) is 13.7 Å². The highest BCUT2D eigenvalue weighted by Gasteiger charge is 2.37. The third-order valence-electron chi connectivity index (χ3n) is 6.08. The summed E-state index contributed by atoms with van der Waals surface area (Å²) in [6, 6.07) is 10.7. The predicted molar refractivity (Wildman–Crippen MR) is 115 cm³/mol. The molecule has 2 aliphatic rings. The molecule has 1 heterocycles. The van der Waals surface area contributed by atoms with Crippen LogP contribution < -0.4 is 5.73 Å². The first kappa shape index (κ1) is 21.9. The number of nitrogens with zero attached hydrogens (tertiary/aromatic N) is 2. The predicted octanol–water partition coefficient (Wildman–Crippen LogP) is 4.10. The van der Waals surface area contributed by atoms with E-state index in [4.69, 9.17) is 15.2 Å². The van der Waals surface area contributed by atoms with Gasteiger partial charge in [0.2, 0.25) is 5.88 Å². The van der Waals surface area contributed by atoms with E-state index in [1.807, 2.05) is 18.2 Å². The molecular weight excluding hydrogens is 378 g/mol. The molecule has 1 aromatic carbocycles. The quantitative estimate of drug-likeness (QED) is 0.712. The van der Waals surface area contributed by atoms with Gasteiger partial charge in [-0.25, -0.2) is 4.79 Å². The molecule has 0 saturated heterocycles. The minimum Gasteiger partial charge on any atom is -0.463 e. The zero-order valence-corrected chi connectivity index (χ0v) is 18.1. The van der Waals surface area contributed by atoms with Crippen molar-refractivity contribution in [2.24, 2.45) is 5.73 Å². The van der Waals surface area contributed by atoms with Crippen molar-refractivity contribution < 1.29 is 14.3 Å². The van der Waals surface area contributed by atoms with Gasteiger partial charge >= 0.3 is 5.97 Å². The van der Waals surface area contributed by atoms with E-state index in [9.17, 15) is 10.1 Å². The maximum atomic E-state index is 12.8. The van der Waals surface area contributed by atoms with Crippen LogP contribution in [0.4, 0.5) is 0 Å². The van der Waals surface area contributed by atoms with Crippen LogP contribution in [0.15, 0.2) is 47.1 Å². The Morgan fingerprint density at radius 1 is 1.30 bits per heavy atom. The number of esters is 1. The number of nitrogens with two attached hydrogens (primary N) is 1. The Balaban J connectivity index is 2.01. The molecule has 0 spiro atoms. The highest BCUT2D eigenvalue weighted by molar-refractivity contribution is 5.92. The summed E-state index contributed by atoms with van der Waals surface area (Å²) < 4.78 is 10.8. The second-order valence-corrected chi connectivity index (χ2v) is 8.02. The summed E-state index contributed by atoms with van der Waals surface area (Å²) in [5, 5.41) is 9.83. The van der Waals surface area contributed by atoms with Gasteiger partial charge < -0.3 is 15.2 Å². The zero-order chi connectivity index (χ0) is 21.7. The fourth-order valence-corrected chi connectivity index (χ4v) is 4.55. The van der Waals surface area contributed by atoms with Crippen LogP contribution in [-0.2, 0) is 20.8 Å². The van der Waals surface area contributed by atoms with Gasteiger partial charge in [0.1, 0.15) is 17.4 Å². The largest absolute Gasteiger partial charge is 0.463 e. The molecule has 0 bridgehead atoms. The molecule has 3 rings (SSSR count). The molecule has 0 radical (unpaired) electrons. The van der Waals surface area contributed by atoms with Crippen LogP contribution in [0.1, 0.15) is 63.0 Å². The third-order valence-corrected chi connectivity index (χ3v) is 6.08. The molecule has 160 valence electrons. The summed E-state index contributed by atoms with van der Waals surface area (Å²) in [5.41, 5.74) is 8.61. The molecule has 1 aliphatic carbocycles. The fourth-order valence-electron chi connectivity index (χ4n) is 4.55. The number of ether oxygens (including phenoxy) is 2. The van der Waals surface area contributed by atoms with Crippen LogP contribution in [0, 0.1) is 11.3 Å². The fraction of sp³-hybridized carbons (Fsp3) is 0.500. The Kier molecular flexibility index (Phi) is 7.17. The lowest BCUT2D eigenvalue weighted by atomic mass is 9.80. The van der Waals surface area contributed by atoms with E-state index in [2.05, 4.69) is 24.1 Å². The highest BCUT2D eigenvalue weighted by atomic mass is 16.5. The molecule has 1 unspecified atom stereocenters. The highest BCUT2D eigenvalue weighted by Crippen LogP contribution is 2.41. The van der Waals surface area contributed by atoms with Crippen LogP contribution in [0.2, 0.25) is 0 Å². The van der Waals surface area contributed by atoms with Gasteiger partial charge in [0, 0.05) is 12.6 Å². The monoisotopic (exact) mass is 409 g/mol. The minimum absolute atomic E-state index is 0.0449. The van der Waals surface area contributed by atoms with Crippen LogP contribution in [0.25, 0.3) is 0 Å². The number of carbonyl (C=O) groups is 1. The number of rotatable bonds is 6. The Morgan fingerprint density at radius 3 is 2.67 bits per heavy atom. The number of hydrogen-bond acceptors (Lipinski definition) is 6. The summed E-state index contributed by atoms with van der Waals surface area (Å²) in [6.07, 6.45) is 6.26. The Hall–Kier alpha value is -2.78. The van der Waals surface area contributed by atoms with Gasteiger partial charge in [-0.2, -0.15) is 5.26 Å². The van der Waals surface area contributed by atoms with Crippen LogP contribution in [-0.4, -0.2) is 30.6 Å². The molecule has 0 amide bonds. The van der Waals surface area contributed by atoms with Crippen molar-refractivity contribution in [1.82, 2.24) is 4.90 Å². The molecule has 1 fully saturated rings. The molecule has 6 heteroatoms. The second-order valence-electron chi connectivity index (χ2n) is 8.02. The van der Waals surface area contributed by atoms with Crippen LogP contribution in [0.3, 0.4) is 0 Å².